The van der Waals surface area contributed by atoms with Crippen LogP contribution in [0.15, 0.2) is 12.2 Å². The number of nitrogens with one attached hydrogen (secondary N) is 1. The maximum Gasteiger partial charge on any atom is 0.305 e. The number of aliphatic hydroxyl groups is 2. The number of esters is 1. The molecule has 2 atom stereocenters. The largest absolute Gasteiger partial charge is 0.466 e. The zero-order valence-corrected chi connectivity index (χ0v) is 47.5. The highest BCUT2D eigenvalue weighted by Crippen LogP contribution is 2.18. The Balaban J connectivity index is 3.38. The Morgan fingerprint density at radius 2 is 0.671 bits per heavy atom. The molecule has 0 saturated heterocycles. The summed E-state index contributed by atoms with van der Waals surface area (Å²) in [6.07, 6.45) is 72.3. The first-order valence-electron chi connectivity index (χ1n) is 31.9. The third kappa shape index (κ3) is 55.9. The van der Waals surface area contributed by atoms with Crippen molar-refractivity contribution in [3.63, 3.8) is 0 Å². The topological polar surface area (TPSA) is 95.9 Å². The predicted octanol–water partition coefficient (Wildman–Crippen LogP) is 20.0. The Morgan fingerprint density at radius 3 is 1.01 bits per heavy atom. The number of aliphatic hydroxyl groups excluding tert-OH is 2. The van der Waals surface area contributed by atoms with Crippen molar-refractivity contribution in [1.82, 2.24) is 5.32 Å². The van der Waals surface area contributed by atoms with Gasteiger partial charge in [-0.3, -0.25) is 9.59 Å². The zero-order valence-electron chi connectivity index (χ0n) is 47.5. The lowest BCUT2D eigenvalue weighted by molar-refractivity contribution is -0.143. The van der Waals surface area contributed by atoms with Gasteiger partial charge in [0.25, 0.3) is 0 Å². The van der Waals surface area contributed by atoms with Gasteiger partial charge in [-0.15, -0.1) is 0 Å². The summed E-state index contributed by atoms with van der Waals surface area (Å²) in [6, 6.07) is -0.544. The van der Waals surface area contributed by atoms with E-state index < -0.39 is 12.1 Å². The van der Waals surface area contributed by atoms with Crippen molar-refractivity contribution < 1.29 is 24.5 Å². The van der Waals surface area contributed by atoms with Gasteiger partial charge in [-0.25, -0.2) is 0 Å². The van der Waals surface area contributed by atoms with Crippen molar-refractivity contribution >= 4 is 11.9 Å². The summed E-state index contributed by atoms with van der Waals surface area (Å²) in [5.74, 6) is -0.0214. The molecular weight excluding hydrogens is 863 g/mol. The fraction of sp³-hybridized carbons (Fsp3) is 0.938. The van der Waals surface area contributed by atoms with E-state index in [1.165, 1.54) is 289 Å². The smallest absolute Gasteiger partial charge is 0.305 e. The molecule has 0 fully saturated rings. The predicted molar refractivity (Wildman–Crippen MR) is 306 cm³/mol. The van der Waals surface area contributed by atoms with Gasteiger partial charge in [-0.1, -0.05) is 309 Å². The highest BCUT2D eigenvalue weighted by molar-refractivity contribution is 5.76. The number of ether oxygens (including phenoxy) is 1. The van der Waals surface area contributed by atoms with E-state index in [2.05, 4.69) is 31.3 Å². The Hall–Kier alpha value is -1.40. The summed E-state index contributed by atoms with van der Waals surface area (Å²) in [4.78, 5) is 24.5. The Labute approximate surface area is 438 Å². The molecule has 0 spiro atoms. The molecule has 0 aliphatic heterocycles. The number of allylic oxidation sites excluding steroid dienone is 2. The first-order chi connectivity index (χ1) is 34.5. The summed E-state index contributed by atoms with van der Waals surface area (Å²) in [5.41, 5.74) is 0. The van der Waals surface area contributed by atoms with Gasteiger partial charge in [0.2, 0.25) is 5.91 Å². The first-order valence-corrected chi connectivity index (χ1v) is 31.9. The summed E-state index contributed by atoms with van der Waals surface area (Å²) in [5, 5.41) is 23.3. The van der Waals surface area contributed by atoms with Crippen LogP contribution in [-0.4, -0.2) is 47.4 Å². The molecule has 6 nitrogen and oxygen atoms in total. The molecule has 0 aromatic carbocycles. The third-order valence-electron chi connectivity index (χ3n) is 15.1. The fourth-order valence-electron chi connectivity index (χ4n) is 10.2. The maximum absolute atomic E-state index is 12.5. The number of unbranched alkanes of at least 4 members (excludes halogenated alkanes) is 47. The van der Waals surface area contributed by atoms with E-state index in [9.17, 15) is 19.8 Å². The summed E-state index contributed by atoms with van der Waals surface area (Å²) in [6.45, 7) is 4.98. The lowest BCUT2D eigenvalue weighted by Crippen LogP contribution is -2.45. The minimum atomic E-state index is -0.666. The summed E-state index contributed by atoms with van der Waals surface area (Å²) < 4.78 is 5.49. The lowest BCUT2D eigenvalue weighted by Gasteiger charge is -2.22. The standard InChI is InChI=1S/C64H125NO5/c1-3-5-7-9-11-13-15-17-29-32-36-40-44-48-52-56-62(67)61(60-66)65-63(68)57-53-49-45-41-37-33-30-27-25-23-21-19-20-22-24-26-28-31-35-39-43-47-51-55-59-70-64(69)58-54-50-46-42-38-34-18-16-14-12-10-8-6-4-2/h21,23,61-62,66-67H,3-20,22,24-60H2,1-2H3,(H,65,68)/b23-21-. The van der Waals surface area contributed by atoms with Crippen LogP contribution in [0.3, 0.4) is 0 Å². The second-order valence-corrected chi connectivity index (χ2v) is 22.1. The van der Waals surface area contributed by atoms with Crippen LogP contribution in [0.5, 0.6) is 0 Å². The van der Waals surface area contributed by atoms with Crippen molar-refractivity contribution in [3.8, 4) is 0 Å². The quantitative estimate of drug-likeness (QED) is 0.0321. The molecule has 2 unspecified atom stereocenters. The average Bonchev–Trinajstić information content (AvgIpc) is 3.36. The molecule has 416 valence electrons. The Morgan fingerprint density at radius 1 is 0.386 bits per heavy atom. The Bertz CT molecular complexity index is 1050. The van der Waals surface area contributed by atoms with Gasteiger partial charge < -0.3 is 20.3 Å². The molecule has 0 saturated carbocycles. The van der Waals surface area contributed by atoms with Crippen molar-refractivity contribution in [2.75, 3.05) is 13.2 Å². The van der Waals surface area contributed by atoms with Crippen LogP contribution < -0.4 is 5.32 Å². The van der Waals surface area contributed by atoms with Gasteiger partial charge in [0, 0.05) is 12.8 Å². The molecule has 0 radical (unpaired) electrons. The van der Waals surface area contributed by atoms with Crippen LogP contribution in [0.2, 0.25) is 0 Å². The second kappa shape index (κ2) is 60.2. The number of hydrogen-bond acceptors (Lipinski definition) is 5. The monoisotopic (exact) mass is 988 g/mol. The van der Waals surface area contributed by atoms with E-state index in [-0.39, 0.29) is 18.5 Å². The van der Waals surface area contributed by atoms with Gasteiger partial charge >= 0.3 is 5.97 Å². The van der Waals surface area contributed by atoms with Crippen LogP contribution in [0.25, 0.3) is 0 Å². The van der Waals surface area contributed by atoms with E-state index >= 15 is 0 Å². The van der Waals surface area contributed by atoms with Gasteiger partial charge in [0.1, 0.15) is 0 Å². The van der Waals surface area contributed by atoms with Gasteiger partial charge in [0.15, 0.2) is 0 Å². The van der Waals surface area contributed by atoms with E-state index in [1.807, 2.05) is 0 Å². The molecular formula is C64H125NO5. The minimum absolute atomic E-state index is 0.0155. The molecule has 0 aliphatic rings. The van der Waals surface area contributed by atoms with Crippen molar-refractivity contribution in [2.45, 2.75) is 373 Å². The molecule has 3 N–H and O–H groups in total. The highest BCUT2D eigenvalue weighted by Gasteiger charge is 2.20. The number of rotatable bonds is 60. The Kier molecular flexibility index (Phi) is 59.0. The van der Waals surface area contributed by atoms with Crippen molar-refractivity contribution in [2.24, 2.45) is 0 Å². The zero-order chi connectivity index (χ0) is 50.7. The van der Waals surface area contributed by atoms with Gasteiger partial charge in [-0.05, 0) is 51.4 Å². The van der Waals surface area contributed by atoms with E-state index in [0.29, 0.717) is 25.9 Å². The van der Waals surface area contributed by atoms with Crippen molar-refractivity contribution in [3.05, 3.63) is 12.2 Å². The molecule has 0 aromatic heterocycles. The maximum atomic E-state index is 12.5. The van der Waals surface area contributed by atoms with Crippen molar-refractivity contribution in [1.29, 1.82) is 0 Å². The van der Waals surface area contributed by atoms with E-state index in [0.717, 1.165) is 38.5 Å². The number of carbonyl (C=O) groups excluding carboxylic acids is 2. The molecule has 0 rings (SSSR count). The molecule has 0 aliphatic carbocycles. The average molecular weight is 989 g/mol. The minimum Gasteiger partial charge on any atom is -0.466 e. The highest BCUT2D eigenvalue weighted by atomic mass is 16.5. The molecule has 0 bridgehead atoms. The second-order valence-electron chi connectivity index (χ2n) is 22.1. The van der Waals surface area contributed by atoms with Crippen LogP contribution in [0.1, 0.15) is 361 Å². The number of hydrogen-bond donors (Lipinski definition) is 3. The van der Waals surface area contributed by atoms with E-state index in [4.69, 9.17) is 4.74 Å². The molecule has 0 aromatic rings. The summed E-state index contributed by atoms with van der Waals surface area (Å²) >= 11 is 0. The molecule has 70 heavy (non-hydrogen) atoms. The molecule has 6 heteroatoms. The summed E-state index contributed by atoms with van der Waals surface area (Å²) in [7, 11) is 0. The normalized spacial score (nSPS) is 12.6. The first kappa shape index (κ1) is 68.6. The van der Waals surface area contributed by atoms with Crippen LogP contribution in [-0.2, 0) is 14.3 Å². The lowest BCUT2D eigenvalue weighted by atomic mass is 10.0. The molecule has 0 heterocycles. The fourth-order valence-corrected chi connectivity index (χ4v) is 10.2. The van der Waals surface area contributed by atoms with Gasteiger partial charge in [-0.2, -0.15) is 0 Å². The molecule has 1 amide bonds. The van der Waals surface area contributed by atoms with Crippen LogP contribution >= 0.6 is 0 Å². The van der Waals surface area contributed by atoms with Gasteiger partial charge in [0.05, 0.1) is 25.4 Å². The number of amides is 1. The van der Waals surface area contributed by atoms with E-state index in [1.54, 1.807) is 0 Å². The van der Waals surface area contributed by atoms with Crippen LogP contribution in [0, 0.1) is 0 Å². The van der Waals surface area contributed by atoms with Crippen LogP contribution in [0.4, 0.5) is 0 Å². The SMILES string of the molecule is CCCCCCCCCCCCCCCCCC(O)C(CO)NC(=O)CCCCCCCCCC/C=C\CCCCCCCCCCCCCCOC(=O)CCCCCCCCCCCCCCCC. The number of carbonyl (C=O) groups is 2. The third-order valence-corrected chi connectivity index (χ3v) is 15.1.